The van der Waals surface area contributed by atoms with Gasteiger partial charge in [-0.1, -0.05) is 20.8 Å². The van der Waals surface area contributed by atoms with Gasteiger partial charge in [-0.3, -0.25) is 4.79 Å². The van der Waals surface area contributed by atoms with Crippen molar-refractivity contribution in [2.75, 3.05) is 6.61 Å². The zero-order chi connectivity index (χ0) is 10.1. The van der Waals surface area contributed by atoms with Crippen molar-refractivity contribution in [3.05, 3.63) is 0 Å². The number of carbonyl (C=O) groups is 1. The van der Waals surface area contributed by atoms with Crippen LogP contribution < -0.4 is 0 Å². The molecule has 2 unspecified atom stereocenters. The maximum atomic E-state index is 11.5. The Balaban J connectivity index is 2.75. The van der Waals surface area contributed by atoms with Crippen LogP contribution in [0.3, 0.4) is 0 Å². The third-order valence-corrected chi connectivity index (χ3v) is 3.09. The fourth-order valence-electron chi connectivity index (χ4n) is 2.21. The largest absolute Gasteiger partial charge is 0.377 e. The lowest BCUT2D eigenvalue weighted by atomic mass is 9.69. The summed E-state index contributed by atoms with van der Waals surface area (Å²) >= 11 is 0. The van der Waals surface area contributed by atoms with Gasteiger partial charge in [-0.05, 0) is 18.8 Å². The van der Waals surface area contributed by atoms with Gasteiger partial charge in [-0.25, -0.2) is 0 Å². The van der Waals surface area contributed by atoms with E-state index in [0.29, 0.717) is 12.4 Å². The van der Waals surface area contributed by atoms with Crippen molar-refractivity contribution in [2.45, 2.75) is 46.6 Å². The Morgan fingerprint density at radius 3 is 2.69 bits per heavy atom. The van der Waals surface area contributed by atoms with Gasteiger partial charge in [0.15, 0.2) is 0 Å². The summed E-state index contributed by atoms with van der Waals surface area (Å²) in [5.74, 6) is 0.432. The van der Waals surface area contributed by atoms with Gasteiger partial charge in [0, 0.05) is 18.9 Å². The van der Waals surface area contributed by atoms with E-state index >= 15 is 0 Å². The standard InChI is InChI=1S/C11H20O2/c1-5-13-10-8(2)9(12)6-7-11(10,3)4/h8,10H,5-7H2,1-4H3. The van der Waals surface area contributed by atoms with Crippen LogP contribution in [0.4, 0.5) is 0 Å². The molecule has 0 radical (unpaired) electrons. The van der Waals surface area contributed by atoms with Crippen molar-refractivity contribution in [3.8, 4) is 0 Å². The summed E-state index contributed by atoms with van der Waals surface area (Å²) in [6.45, 7) is 9.06. The van der Waals surface area contributed by atoms with Gasteiger partial charge < -0.3 is 4.74 Å². The molecule has 0 heterocycles. The lowest BCUT2D eigenvalue weighted by molar-refractivity contribution is -0.141. The van der Waals surface area contributed by atoms with Gasteiger partial charge in [0.25, 0.3) is 0 Å². The summed E-state index contributed by atoms with van der Waals surface area (Å²) in [5, 5.41) is 0. The van der Waals surface area contributed by atoms with E-state index in [1.54, 1.807) is 0 Å². The predicted molar refractivity (Wildman–Crippen MR) is 52.6 cm³/mol. The SMILES string of the molecule is CCOC1C(C)C(=O)CCC1(C)C. The molecule has 13 heavy (non-hydrogen) atoms. The molecule has 0 aliphatic heterocycles. The third-order valence-electron chi connectivity index (χ3n) is 3.09. The second-order valence-corrected chi connectivity index (χ2v) is 4.62. The quantitative estimate of drug-likeness (QED) is 0.658. The van der Waals surface area contributed by atoms with E-state index in [4.69, 9.17) is 4.74 Å². The predicted octanol–water partition coefficient (Wildman–Crippen LogP) is 2.42. The van der Waals surface area contributed by atoms with Crippen LogP contribution >= 0.6 is 0 Å². The van der Waals surface area contributed by atoms with E-state index in [0.717, 1.165) is 12.8 Å². The average molecular weight is 184 g/mol. The van der Waals surface area contributed by atoms with Gasteiger partial charge in [-0.2, -0.15) is 0 Å². The van der Waals surface area contributed by atoms with E-state index in [2.05, 4.69) is 13.8 Å². The second-order valence-electron chi connectivity index (χ2n) is 4.62. The molecule has 0 spiro atoms. The van der Waals surface area contributed by atoms with Crippen LogP contribution in [0.5, 0.6) is 0 Å². The minimum Gasteiger partial charge on any atom is -0.377 e. The van der Waals surface area contributed by atoms with Crippen LogP contribution in [0, 0.1) is 11.3 Å². The smallest absolute Gasteiger partial charge is 0.138 e. The summed E-state index contributed by atoms with van der Waals surface area (Å²) in [5.41, 5.74) is 0.156. The van der Waals surface area contributed by atoms with Crippen LogP contribution in [-0.4, -0.2) is 18.5 Å². The molecule has 0 aromatic rings. The van der Waals surface area contributed by atoms with Gasteiger partial charge in [0.2, 0.25) is 0 Å². The van der Waals surface area contributed by atoms with E-state index in [1.807, 2.05) is 13.8 Å². The van der Waals surface area contributed by atoms with Crippen LogP contribution in [-0.2, 0) is 9.53 Å². The highest BCUT2D eigenvalue weighted by Gasteiger charge is 2.41. The van der Waals surface area contributed by atoms with Crippen LogP contribution in [0.2, 0.25) is 0 Å². The third kappa shape index (κ3) is 2.11. The highest BCUT2D eigenvalue weighted by Crippen LogP contribution is 2.38. The minimum absolute atomic E-state index is 0.0729. The lowest BCUT2D eigenvalue weighted by Gasteiger charge is -2.41. The van der Waals surface area contributed by atoms with Gasteiger partial charge in [0.05, 0.1) is 6.10 Å². The van der Waals surface area contributed by atoms with E-state index in [9.17, 15) is 4.79 Å². The zero-order valence-electron chi connectivity index (χ0n) is 9.09. The molecule has 0 bridgehead atoms. The first-order valence-corrected chi connectivity index (χ1v) is 5.13. The van der Waals surface area contributed by atoms with Gasteiger partial charge in [0.1, 0.15) is 5.78 Å². The summed E-state index contributed by atoms with van der Waals surface area (Å²) < 4.78 is 5.66. The average Bonchev–Trinajstić information content (AvgIpc) is 2.07. The molecule has 1 rings (SSSR count). The maximum Gasteiger partial charge on any atom is 0.138 e. The molecule has 0 saturated heterocycles. The molecule has 0 N–H and O–H groups in total. The lowest BCUT2D eigenvalue weighted by Crippen LogP contribution is -2.45. The Labute approximate surface area is 80.7 Å². The van der Waals surface area contributed by atoms with E-state index in [1.165, 1.54) is 0 Å². The first kappa shape index (κ1) is 10.7. The summed E-state index contributed by atoms with van der Waals surface area (Å²) in [7, 11) is 0. The molecule has 0 aromatic carbocycles. The number of hydrogen-bond donors (Lipinski definition) is 0. The number of carbonyl (C=O) groups excluding carboxylic acids is 1. The Hall–Kier alpha value is -0.370. The number of ether oxygens (including phenoxy) is 1. The van der Waals surface area contributed by atoms with Gasteiger partial charge in [-0.15, -0.1) is 0 Å². The fraction of sp³-hybridized carbons (Fsp3) is 0.909. The van der Waals surface area contributed by atoms with Crippen LogP contribution in [0.1, 0.15) is 40.5 Å². The molecule has 0 amide bonds. The molecule has 2 atom stereocenters. The van der Waals surface area contributed by atoms with Crippen molar-refractivity contribution in [1.29, 1.82) is 0 Å². The van der Waals surface area contributed by atoms with Crippen molar-refractivity contribution in [1.82, 2.24) is 0 Å². The molecule has 1 aliphatic carbocycles. The topological polar surface area (TPSA) is 26.3 Å². The molecule has 2 nitrogen and oxygen atoms in total. The molecule has 1 saturated carbocycles. The molecule has 0 aromatic heterocycles. The highest BCUT2D eigenvalue weighted by atomic mass is 16.5. The van der Waals surface area contributed by atoms with Crippen molar-refractivity contribution < 1.29 is 9.53 Å². The molecule has 2 heteroatoms. The fourth-order valence-corrected chi connectivity index (χ4v) is 2.21. The van der Waals surface area contributed by atoms with Crippen molar-refractivity contribution in [2.24, 2.45) is 11.3 Å². The normalized spacial score (nSPS) is 33.4. The zero-order valence-corrected chi connectivity index (χ0v) is 9.09. The number of ketones is 1. The Bertz CT molecular complexity index is 196. The summed E-state index contributed by atoms with van der Waals surface area (Å²) in [6.07, 6.45) is 1.79. The monoisotopic (exact) mass is 184 g/mol. The number of rotatable bonds is 2. The van der Waals surface area contributed by atoms with Crippen LogP contribution in [0.25, 0.3) is 0 Å². The Morgan fingerprint density at radius 1 is 1.54 bits per heavy atom. The molecule has 76 valence electrons. The van der Waals surface area contributed by atoms with E-state index < -0.39 is 0 Å². The van der Waals surface area contributed by atoms with Crippen molar-refractivity contribution >= 4 is 5.78 Å². The summed E-state index contributed by atoms with van der Waals surface area (Å²) in [4.78, 5) is 11.5. The molecular weight excluding hydrogens is 164 g/mol. The maximum absolute atomic E-state index is 11.5. The number of hydrogen-bond acceptors (Lipinski definition) is 2. The Morgan fingerprint density at radius 2 is 2.15 bits per heavy atom. The van der Waals surface area contributed by atoms with E-state index in [-0.39, 0.29) is 17.4 Å². The molecule has 1 fully saturated rings. The summed E-state index contributed by atoms with van der Waals surface area (Å²) in [6, 6.07) is 0. The Kier molecular flexibility index (Phi) is 3.12. The first-order valence-electron chi connectivity index (χ1n) is 5.13. The highest BCUT2D eigenvalue weighted by molar-refractivity contribution is 5.82. The first-order chi connectivity index (χ1) is 5.99. The number of Topliss-reactive ketones (excluding diaryl/α,β-unsaturated/α-hetero) is 1. The van der Waals surface area contributed by atoms with Gasteiger partial charge >= 0.3 is 0 Å². The van der Waals surface area contributed by atoms with Crippen molar-refractivity contribution in [3.63, 3.8) is 0 Å². The molecular formula is C11H20O2. The minimum atomic E-state index is 0.0729. The molecule has 1 aliphatic rings. The second kappa shape index (κ2) is 3.79. The van der Waals surface area contributed by atoms with Crippen LogP contribution in [0.15, 0.2) is 0 Å².